The Kier molecular flexibility index (Phi) is 7.63. The van der Waals surface area contributed by atoms with E-state index in [1.54, 1.807) is 18.2 Å². The number of rotatable bonds is 6. The van der Waals surface area contributed by atoms with Crippen LogP contribution in [0.1, 0.15) is 35.3 Å². The number of methoxy groups -OCH3 is 1. The summed E-state index contributed by atoms with van der Waals surface area (Å²) in [7, 11) is 1.37. The van der Waals surface area contributed by atoms with Crippen molar-refractivity contribution in [1.29, 1.82) is 0 Å². The third-order valence-electron chi connectivity index (χ3n) is 3.85. The number of hydrogen-bond acceptors (Lipinski definition) is 5. The number of hydrogen-bond donors (Lipinski definition) is 3. The molecule has 0 aliphatic rings. The van der Waals surface area contributed by atoms with Crippen LogP contribution in [-0.4, -0.2) is 33.7 Å². The normalized spacial score (nSPS) is 10.3. The molecule has 2 rings (SSSR count). The van der Waals surface area contributed by atoms with Gasteiger partial charge in [0.05, 0.1) is 7.11 Å². The summed E-state index contributed by atoms with van der Waals surface area (Å²) in [5.41, 5.74) is 2.02. The molecule has 0 fully saturated rings. The van der Waals surface area contributed by atoms with Gasteiger partial charge in [-0.2, -0.15) is 0 Å². The summed E-state index contributed by atoms with van der Waals surface area (Å²) < 4.78 is 5.15. The summed E-state index contributed by atoms with van der Waals surface area (Å²) in [5.74, 6) is -0.641. The molecule has 2 aromatic rings. The molecule has 6 nitrogen and oxygen atoms in total. The SMILES string of the molecule is COc1cc(O)c(CC=C(C)C)c(O)c1C(=O)/C=C/c1ccc(O)cc1.O. The fourth-order valence-electron chi connectivity index (χ4n) is 2.42. The Morgan fingerprint density at radius 2 is 1.74 bits per heavy atom. The molecular weight excluding hydrogens is 348 g/mol. The van der Waals surface area contributed by atoms with Crippen molar-refractivity contribution < 1.29 is 30.3 Å². The molecule has 2 aromatic carbocycles. The van der Waals surface area contributed by atoms with E-state index in [1.165, 1.54) is 31.4 Å². The molecule has 0 amide bonds. The average Bonchev–Trinajstić information content (AvgIpc) is 2.60. The Morgan fingerprint density at radius 3 is 2.30 bits per heavy atom. The van der Waals surface area contributed by atoms with E-state index >= 15 is 0 Å². The third-order valence-corrected chi connectivity index (χ3v) is 3.85. The lowest BCUT2D eigenvalue weighted by Gasteiger charge is -2.13. The van der Waals surface area contributed by atoms with Gasteiger partial charge in [0, 0.05) is 11.6 Å². The topological polar surface area (TPSA) is 118 Å². The Bertz CT molecular complexity index is 859. The third kappa shape index (κ3) is 5.36. The van der Waals surface area contributed by atoms with Crippen LogP contribution in [0.15, 0.2) is 48.1 Å². The van der Waals surface area contributed by atoms with Gasteiger partial charge in [-0.25, -0.2) is 0 Å². The first-order valence-corrected chi connectivity index (χ1v) is 8.10. The van der Waals surface area contributed by atoms with Gasteiger partial charge in [0.1, 0.15) is 28.6 Å². The number of phenolic OH excluding ortho intramolecular Hbond substituents is 3. The number of ether oxygens (including phenoxy) is 1. The van der Waals surface area contributed by atoms with Gasteiger partial charge < -0.3 is 25.5 Å². The minimum atomic E-state index is -0.453. The lowest BCUT2D eigenvalue weighted by atomic mass is 9.99. The first-order valence-electron chi connectivity index (χ1n) is 8.10. The van der Waals surface area contributed by atoms with Crippen LogP contribution in [-0.2, 0) is 6.42 Å². The van der Waals surface area contributed by atoms with Crippen molar-refractivity contribution in [3.05, 3.63) is 64.7 Å². The summed E-state index contributed by atoms with van der Waals surface area (Å²) in [6, 6.07) is 7.68. The van der Waals surface area contributed by atoms with Crippen molar-refractivity contribution in [2.24, 2.45) is 0 Å². The zero-order valence-electron chi connectivity index (χ0n) is 15.5. The van der Waals surface area contributed by atoms with E-state index in [1.807, 2.05) is 19.9 Å². The van der Waals surface area contributed by atoms with Gasteiger partial charge >= 0.3 is 0 Å². The second kappa shape index (κ2) is 9.45. The molecule has 0 atom stereocenters. The number of benzene rings is 2. The molecule has 0 saturated heterocycles. The molecule has 0 aromatic heterocycles. The minimum absolute atomic E-state index is 0. The van der Waals surface area contributed by atoms with Gasteiger partial charge in [-0.1, -0.05) is 29.9 Å². The Balaban J connectivity index is 0.00000364. The van der Waals surface area contributed by atoms with Gasteiger partial charge in [0.15, 0.2) is 5.78 Å². The maximum atomic E-state index is 12.6. The molecule has 6 heteroatoms. The van der Waals surface area contributed by atoms with Crippen LogP contribution >= 0.6 is 0 Å². The summed E-state index contributed by atoms with van der Waals surface area (Å²) >= 11 is 0. The molecule has 0 bridgehead atoms. The Morgan fingerprint density at radius 1 is 1.11 bits per heavy atom. The maximum absolute atomic E-state index is 12.6. The lowest BCUT2D eigenvalue weighted by Crippen LogP contribution is -2.02. The van der Waals surface area contributed by atoms with Crippen LogP contribution in [0.25, 0.3) is 6.08 Å². The summed E-state index contributed by atoms with van der Waals surface area (Å²) in [6.07, 6.45) is 5.03. The highest BCUT2D eigenvalue weighted by molar-refractivity contribution is 6.11. The van der Waals surface area contributed by atoms with Crippen LogP contribution in [0.3, 0.4) is 0 Å². The maximum Gasteiger partial charge on any atom is 0.193 e. The number of ketones is 1. The molecule has 0 aliphatic heterocycles. The highest BCUT2D eigenvalue weighted by Crippen LogP contribution is 2.39. The van der Waals surface area contributed by atoms with Crippen molar-refractivity contribution in [1.82, 2.24) is 0 Å². The van der Waals surface area contributed by atoms with Gasteiger partial charge in [-0.3, -0.25) is 4.79 Å². The number of phenols is 3. The molecule has 27 heavy (non-hydrogen) atoms. The van der Waals surface area contributed by atoms with Crippen LogP contribution in [0.4, 0.5) is 0 Å². The molecular formula is C21H24O6. The number of carbonyl (C=O) groups excluding carboxylic acids is 1. The fraction of sp³-hybridized carbons (Fsp3) is 0.190. The van der Waals surface area contributed by atoms with Gasteiger partial charge in [0.25, 0.3) is 0 Å². The zero-order valence-corrected chi connectivity index (χ0v) is 15.5. The molecule has 0 heterocycles. The fourth-order valence-corrected chi connectivity index (χ4v) is 2.42. The second-order valence-corrected chi connectivity index (χ2v) is 6.07. The predicted molar refractivity (Wildman–Crippen MR) is 105 cm³/mol. The highest BCUT2D eigenvalue weighted by atomic mass is 16.5. The molecule has 0 unspecified atom stereocenters. The van der Waals surface area contributed by atoms with E-state index in [0.717, 1.165) is 11.1 Å². The van der Waals surface area contributed by atoms with E-state index in [-0.39, 0.29) is 39.6 Å². The lowest BCUT2D eigenvalue weighted by molar-refractivity contribution is 0.104. The first-order chi connectivity index (χ1) is 12.3. The average molecular weight is 372 g/mol. The molecule has 0 spiro atoms. The summed E-state index contributed by atoms with van der Waals surface area (Å²) in [5, 5.41) is 30.0. The molecule has 5 N–H and O–H groups in total. The second-order valence-electron chi connectivity index (χ2n) is 6.07. The molecule has 0 aliphatic carbocycles. The van der Waals surface area contributed by atoms with Crippen molar-refractivity contribution in [2.45, 2.75) is 20.3 Å². The monoisotopic (exact) mass is 372 g/mol. The van der Waals surface area contributed by atoms with Crippen molar-refractivity contribution in [2.75, 3.05) is 7.11 Å². The van der Waals surface area contributed by atoms with E-state index in [0.29, 0.717) is 6.42 Å². The van der Waals surface area contributed by atoms with E-state index < -0.39 is 5.78 Å². The zero-order chi connectivity index (χ0) is 19.3. The quantitative estimate of drug-likeness (QED) is 0.408. The minimum Gasteiger partial charge on any atom is -0.508 e. The van der Waals surface area contributed by atoms with Gasteiger partial charge in [-0.05, 0) is 44.0 Å². The Labute approximate surface area is 158 Å². The van der Waals surface area contributed by atoms with E-state index in [4.69, 9.17) is 4.74 Å². The summed E-state index contributed by atoms with van der Waals surface area (Å²) in [4.78, 5) is 12.6. The Hall–Kier alpha value is -3.25. The van der Waals surface area contributed by atoms with Gasteiger partial charge in [-0.15, -0.1) is 0 Å². The van der Waals surface area contributed by atoms with Gasteiger partial charge in [0.2, 0.25) is 0 Å². The standard InChI is InChI=1S/C21H22O5.H2O/c1-13(2)4-10-16-18(24)12-19(26-3)20(21(16)25)17(23)11-7-14-5-8-15(22)9-6-14;/h4-9,11-12,22,24-25H,10H2,1-3H3;1H2/b11-7+;. The van der Waals surface area contributed by atoms with Crippen molar-refractivity contribution >= 4 is 11.9 Å². The van der Waals surface area contributed by atoms with Crippen LogP contribution in [0.5, 0.6) is 23.0 Å². The van der Waals surface area contributed by atoms with E-state index in [2.05, 4.69) is 0 Å². The van der Waals surface area contributed by atoms with Crippen LogP contribution in [0, 0.1) is 0 Å². The smallest absolute Gasteiger partial charge is 0.193 e. The van der Waals surface area contributed by atoms with Crippen molar-refractivity contribution in [3.63, 3.8) is 0 Å². The summed E-state index contributed by atoms with van der Waals surface area (Å²) in [6.45, 7) is 3.81. The van der Waals surface area contributed by atoms with E-state index in [9.17, 15) is 20.1 Å². The number of carbonyl (C=O) groups is 1. The molecule has 0 saturated carbocycles. The largest absolute Gasteiger partial charge is 0.508 e. The number of allylic oxidation sites excluding steroid dienone is 3. The number of aromatic hydroxyl groups is 3. The first kappa shape index (κ1) is 21.8. The predicted octanol–water partition coefficient (Wildman–Crippen LogP) is 3.39. The van der Waals surface area contributed by atoms with Crippen LogP contribution < -0.4 is 4.74 Å². The van der Waals surface area contributed by atoms with Crippen molar-refractivity contribution in [3.8, 4) is 23.0 Å². The highest BCUT2D eigenvalue weighted by Gasteiger charge is 2.21. The van der Waals surface area contributed by atoms with Crippen LogP contribution in [0.2, 0.25) is 0 Å². The molecule has 0 radical (unpaired) electrons. The molecule has 144 valence electrons.